The summed E-state index contributed by atoms with van der Waals surface area (Å²) in [6.07, 6.45) is 4.98. The molecule has 0 heterocycles. The van der Waals surface area contributed by atoms with E-state index in [4.69, 9.17) is 0 Å². The number of nitro groups is 1. The van der Waals surface area contributed by atoms with E-state index in [0.717, 1.165) is 37.3 Å². The molecule has 0 amide bonds. The standard InChI is InChI=1S/C15H21IN2O3/c1-2-11-5-7-15(19,8-6-11)10-17-12-3-4-14(18(20)21)13(16)9-12/h3-4,9,11,17,19H,2,5-8,10H2,1H3. The number of benzene rings is 1. The minimum Gasteiger partial charge on any atom is -0.388 e. The van der Waals surface area contributed by atoms with Crippen molar-refractivity contribution in [3.8, 4) is 0 Å². The first-order valence-electron chi connectivity index (χ1n) is 7.34. The Bertz CT molecular complexity index is 514. The summed E-state index contributed by atoms with van der Waals surface area (Å²) in [7, 11) is 0. The van der Waals surface area contributed by atoms with E-state index in [1.807, 2.05) is 22.6 Å². The van der Waals surface area contributed by atoms with Gasteiger partial charge in [0.2, 0.25) is 0 Å². The van der Waals surface area contributed by atoms with Gasteiger partial charge in [-0.15, -0.1) is 0 Å². The third kappa shape index (κ3) is 4.29. The van der Waals surface area contributed by atoms with E-state index in [1.54, 1.807) is 12.1 Å². The third-order valence-corrected chi connectivity index (χ3v) is 5.24. The molecule has 1 saturated carbocycles. The van der Waals surface area contributed by atoms with Crippen LogP contribution >= 0.6 is 22.6 Å². The zero-order valence-corrected chi connectivity index (χ0v) is 14.3. The number of nitrogens with zero attached hydrogens (tertiary/aromatic N) is 1. The molecule has 21 heavy (non-hydrogen) atoms. The lowest BCUT2D eigenvalue weighted by molar-refractivity contribution is -0.385. The van der Waals surface area contributed by atoms with Crippen molar-refractivity contribution in [1.29, 1.82) is 0 Å². The summed E-state index contributed by atoms with van der Waals surface area (Å²) in [5, 5.41) is 24.6. The second-order valence-corrected chi connectivity index (χ2v) is 7.02. The van der Waals surface area contributed by atoms with Crippen LogP contribution in [0.25, 0.3) is 0 Å². The van der Waals surface area contributed by atoms with Crippen molar-refractivity contribution in [2.75, 3.05) is 11.9 Å². The van der Waals surface area contributed by atoms with Gasteiger partial charge in [0.25, 0.3) is 5.69 Å². The van der Waals surface area contributed by atoms with E-state index in [9.17, 15) is 15.2 Å². The second-order valence-electron chi connectivity index (χ2n) is 5.85. The molecule has 0 bridgehead atoms. The van der Waals surface area contributed by atoms with Crippen LogP contribution in [-0.4, -0.2) is 22.2 Å². The van der Waals surface area contributed by atoms with Crippen molar-refractivity contribution in [3.63, 3.8) is 0 Å². The normalized spacial score (nSPS) is 25.6. The summed E-state index contributed by atoms with van der Waals surface area (Å²) in [5.41, 5.74) is 0.276. The first-order chi connectivity index (χ1) is 9.93. The SMILES string of the molecule is CCC1CCC(O)(CNc2ccc([N+](=O)[O-])c(I)c2)CC1. The molecule has 6 heteroatoms. The van der Waals surface area contributed by atoms with Crippen LogP contribution in [0.5, 0.6) is 0 Å². The lowest BCUT2D eigenvalue weighted by Crippen LogP contribution is -2.40. The van der Waals surface area contributed by atoms with Crippen molar-refractivity contribution in [1.82, 2.24) is 0 Å². The van der Waals surface area contributed by atoms with Crippen LogP contribution in [0.4, 0.5) is 11.4 Å². The van der Waals surface area contributed by atoms with Gasteiger partial charge in [-0.3, -0.25) is 10.1 Å². The Morgan fingerprint density at radius 1 is 1.48 bits per heavy atom. The molecule has 1 fully saturated rings. The van der Waals surface area contributed by atoms with Crippen LogP contribution in [0, 0.1) is 19.6 Å². The van der Waals surface area contributed by atoms with E-state index >= 15 is 0 Å². The van der Waals surface area contributed by atoms with Gasteiger partial charge in [-0.25, -0.2) is 0 Å². The molecule has 1 aliphatic carbocycles. The fourth-order valence-electron chi connectivity index (χ4n) is 2.83. The molecule has 5 nitrogen and oxygen atoms in total. The molecule has 0 unspecified atom stereocenters. The number of rotatable bonds is 5. The first-order valence-corrected chi connectivity index (χ1v) is 8.41. The largest absolute Gasteiger partial charge is 0.388 e. The summed E-state index contributed by atoms with van der Waals surface area (Å²) in [5.74, 6) is 0.741. The number of halogens is 1. The van der Waals surface area contributed by atoms with Crippen LogP contribution in [0.2, 0.25) is 0 Å². The highest BCUT2D eigenvalue weighted by Crippen LogP contribution is 2.34. The molecular formula is C15H21IN2O3. The Labute approximate surface area is 138 Å². The molecule has 1 aliphatic rings. The predicted octanol–water partition coefficient (Wildman–Crippen LogP) is 3.94. The highest BCUT2D eigenvalue weighted by molar-refractivity contribution is 14.1. The first kappa shape index (κ1) is 16.5. The van der Waals surface area contributed by atoms with Crippen LogP contribution in [-0.2, 0) is 0 Å². The average molecular weight is 404 g/mol. The highest BCUT2D eigenvalue weighted by atomic mass is 127. The molecule has 0 saturated heterocycles. The van der Waals surface area contributed by atoms with Gasteiger partial charge in [0, 0.05) is 18.3 Å². The maximum Gasteiger partial charge on any atom is 0.282 e. The maximum atomic E-state index is 10.8. The number of nitro benzene ring substituents is 1. The highest BCUT2D eigenvalue weighted by Gasteiger charge is 2.32. The minimum atomic E-state index is -0.654. The van der Waals surface area contributed by atoms with Gasteiger partial charge in [0.15, 0.2) is 0 Å². The van der Waals surface area contributed by atoms with Gasteiger partial charge in [-0.2, -0.15) is 0 Å². The summed E-state index contributed by atoms with van der Waals surface area (Å²) < 4.78 is 0.601. The molecule has 2 N–H and O–H groups in total. The molecule has 0 spiro atoms. The Morgan fingerprint density at radius 2 is 2.14 bits per heavy atom. The van der Waals surface area contributed by atoms with Gasteiger partial charge in [0.05, 0.1) is 14.1 Å². The zero-order valence-electron chi connectivity index (χ0n) is 12.1. The number of nitrogens with one attached hydrogen (secondary N) is 1. The lowest BCUT2D eigenvalue weighted by Gasteiger charge is -2.36. The zero-order chi connectivity index (χ0) is 15.5. The summed E-state index contributed by atoms with van der Waals surface area (Å²) in [6, 6.07) is 4.95. The lowest BCUT2D eigenvalue weighted by atomic mass is 9.78. The van der Waals surface area contributed by atoms with Crippen LogP contribution in [0.1, 0.15) is 39.0 Å². The number of hydrogen-bond acceptors (Lipinski definition) is 4. The molecule has 1 aromatic carbocycles. The van der Waals surface area contributed by atoms with Crippen LogP contribution in [0.3, 0.4) is 0 Å². The summed E-state index contributed by atoms with van der Waals surface area (Å²) in [6.45, 7) is 2.70. The van der Waals surface area contributed by atoms with E-state index in [-0.39, 0.29) is 10.6 Å². The van der Waals surface area contributed by atoms with Crippen molar-refractivity contribution in [2.24, 2.45) is 5.92 Å². The third-order valence-electron chi connectivity index (χ3n) is 4.38. The molecule has 1 aromatic rings. The van der Waals surface area contributed by atoms with Gasteiger partial charge in [-0.05, 0) is 66.3 Å². The summed E-state index contributed by atoms with van der Waals surface area (Å²) >= 11 is 1.96. The fraction of sp³-hybridized carbons (Fsp3) is 0.600. The predicted molar refractivity (Wildman–Crippen MR) is 91.5 cm³/mol. The van der Waals surface area contributed by atoms with Crippen LogP contribution < -0.4 is 5.32 Å². The Balaban J connectivity index is 1.94. The molecule has 0 atom stereocenters. The monoisotopic (exact) mass is 404 g/mol. The van der Waals surface area contributed by atoms with Crippen LogP contribution in [0.15, 0.2) is 18.2 Å². The van der Waals surface area contributed by atoms with Gasteiger partial charge in [0.1, 0.15) is 0 Å². The fourth-order valence-corrected chi connectivity index (χ4v) is 3.54. The number of hydrogen-bond donors (Lipinski definition) is 2. The molecule has 0 aliphatic heterocycles. The number of aliphatic hydroxyl groups is 1. The van der Waals surface area contributed by atoms with E-state index in [1.165, 1.54) is 12.5 Å². The Kier molecular flexibility index (Phi) is 5.43. The Hall–Kier alpha value is -0.890. The maximum absolute atomic E-state index is 10.8. The molecular weight excluding hydrogens is 383 g/mol. The molecule has 0 aromatic heterocycles. The van der Waals surface area contributed by atoms with Crippen molar-refractivity contribution >= 4 is 34.0 Å². The second kappa shape index (κ2) is 6.91. The quantitative estimate of drug-likeness (QED) is 0.443. The smallest absolute Gasteiger partial charge is 0.282 e. The van der Waals surface area contributed by atoms with E-state index < -0.39 is 5.60 Å². The molecule has 2 rings (SSSR count). The van der Waals surface area contributed by atoms with E-state index in [2.05, 4.69) is 12.2 Å². The topological polar surface area (TPSA) is 75.4 Å². The van der Waals surface area contributed by atoms with Crippen molar-refractivity contribution < 1.29 is 10.0 Å². The van der Waals surface area contributed by atoms with Crippen molar-refractivity contribution in [2.45, 2.75) is 44.6 Å². The minimum absolute atomic E-state index is 0.114. The number of anilines is 1. The van der Waals surface area contributed by atoms with E-state index in [0.29, 0.717) is 10.1 Å². The van der Waals surface area contributed by atoms with Gasteiger partial charge in [-0.1, -0.05) is 13.3 Å². The van der Waals surface area contributed by atoms with Crippen molar-refractivity contribution in [3.05, 3.63) is 31.9 Å². The van der Waals surface area contributed by atoms with Gasteiger partial charge < -0.3 is 10.4 Å². The average Bonchev–Trinajstić information content (AvgIpc) is 2.46. The molecule has 0 radical (unpaired) electrons. The Morgan fingerprint density at radius 3 is 2.67 bits per heavy atom. The summed E-state index contributed by atoms with van der Waals surface area (Å²) in [4.78, 5) is 10.4. The molecule has 116 valence electrons. The van der Waals surface area contributed by atoms with Gasteiger partial charge >= 0.3 is 0 Å².